The quantitative estimate of drug-likeness (QED) is 0.804. The van der Waals surface area contributed by atoms with Crippen LogP contribution < -0.4 is 5.73 Å². The lowest BCUT2D eigenvalue weighted by Gasteiger charge is -2.28. The predicted molar refractivity (Wildman–Crippen MR) is 71.7 cm³/mol. The molecular weight excluding hydrogens is 194 g/mol. The summed E-state index contributed by atoms with van der Waals surface area (Å²) < 4.78 is 0. The molecule has 0 bridgehead atoms. The van der Waals surface area contributed by atoms with E-state index in [2.05, 4.69) is 45.9 Å². The molecule has 0 amide bonds. The lowest BCUT2D eigenvalue weighted by molar-refractivity contribution is 0.302. The fourth-order valence-electron chi connectivity index (χ4n) is 2.27. The van der Waals surface area contributed by atoms with Crippen molar-refractivity contribution in [1.29, 1.82) is 0 Å². The number of rotatable bonds is 5. The van der Waals surface area contributed by atoms with E-state index >= 15 is 0 Å². The Bertz CT molecular complexity index is 343. The molecule has 0 spiro atoms. The fraction of sp³-hybridized carbons (Fsp3) is 0.600. The zero-order chi connectivity index (χ0) is 12.2. The molecule has 0 fully saturated rings. The van der Waals surface area contributed by atoms with Crippen molar-refractivity contribution in [2.24, 2.45) is 11.1 Å². The van der Waals surface area contributed by atoms with Crippen LogP contribution in [0, 0.1) is 19.3 Å². The Labute approximate surface area is 100 Å². The molecular formula is C15H25N. The van der Waals surface area contributed by atoms with Gasteiger partial charge in [0.05, 0.1) is 0 Å². The highest BCUT2D eigenvalue weighted by Gasteiger charge is 2.21. The van der Waals surface area contributed by atoms with Gasteiger partial charge in [-0.2, -0.15) is 0 Å². The molecule has 1 aromatic carbocycles. The zero-order valence-corrected chi connectivity index (χ0v) is 11.1. The van der Waals surface area contributed by atoms with Gasteiger partial charge in [0.15, 0.2) is 0 Å². The summed E-state index contributed by atoms with van der Waals surface area (Å²) in [7, 11) is 0. The topological polar surface area (TPSA) is 26.0 Å². The fourth-order valence-corrected chi connectivity index (χ4v) is 2.27. The Hall–Kier alpha value is -0.820. The standard InChI is InChI=1S/C15H25N/c1-5-8-15(4,11-16)10-14-7-6-12(2)13(3)9-14/h6-7,9H,5,8,10-11,16H2,1-4H3. The van der Waals surface area contributed by atoms with Crippen molar-refractivity contribution < 1.29 is 0 Å². The molecule has 0 saturated carbocycles. The SMILES string of the molecule is CCCC(C)(CN)Cc1ccc(C)c(C)c1. The van der Waals surface area contributed by atoms with Crippen LogP contribution >= 0.6 is 0 Å². The minimum absolute atomic E-state index is 0.260. The maximum atomic E-state index is 5.91. The smallest absolute Gasteiger partial charge is 0.00200 e. The van der Waals surface area contributed by atoms with Crippen molar-refractivity contribution in [2.45, 2.75) is 47.0 Å². The van der Waals surface area contributed by atoms with Gasteiger partial charge in [0.1, 0.15) is 0 Å². The number of nitrogens with two attached hydrogens (primary N) is 1. The second kappa shape index (κ2) is 5.49. The Kier molecular flexibility index (Phi) is 4.55. The summed E-state index contributed by atoms with van der Waals surface area (Å²) in [5.74, 6) is 0. The maximum absolute atomic E-state index is 5.91. The molecule has 1 rings (SSSR count). The maximum Gasteiger partial charge on any atom is -0.00200 e. The third-order valence-corrected chi connectivity index (χ3v) is 3.55. The van der Waals surface area contributed by atoms with E-state index in [1.165, 1.54) is 29.5 Å². The van der Waals surface area contributed by atoms with Crippen LogP contribution in [-0.4, -0.2) is 6.54 Å². The number of hydrogen-bond acceptors (Lipinski definition) is 1. The first-order valence-corrected chi connectivity index (χ1v) is 6.27. The van der Waals surface area contributed by atoms with Crippen molar-refractivity contribution in [3.05, 3.63) is 34.9 Å². The average molecular weight is 219 g/mol. The van der Waals surface area contributed by atoms with Crippen molar-refractivity contribution >= 4 is 0 Å². The van der Waals surface area contributed by atoms with Crippen molar-refractivity contribution in [3.63, 3.8) is 0 Å². The molecule has 1 atom stereocenters. The molecule has 0 aromatic heterocycles. The van der Waals surface area contributed by atoms with E-state index in [4.69, 9.17) is 5.73 Å². The lowest BCUT2D eigenvalue weighted by atomic mass is 9.79. The molecule has 1 aromatic rings. The first-order chi connectivity index (χ1) is 7.50. The highest BCUT2D eigenvalue weighted by molar-refractivity contribution is 5.30. The van der Waals surface area contributed by atoms with Gasteiger partial charge in [-0.25, -0.2) is 0 Å². The van der Waals surface area contributed by atoms with Crippen LogP contribution in [0.1, 0.15) is 43.4 Å². The molecule has 1 unspecified atom stereocenters. The lowest BCUT2D eigenvalue weighted by Crippen LogP contribution is -2.29. The highest BCUT2D eigenvalue weighted by Crippen LogP contribution is 2.27. The van der Waals surface area contributed by atoms with Crippen LogP contribution in [-0.2, 0) is 6.42 Å². The summed E-state index contributed by atoms with van der Waals surface area (Å²) in [5.41, 5.74) is 10.3. The predicted octanol–water partition coefficient (Wildman–Crippen LogP) is 3.61. The van der Waals surface area contributed by atoms with Gasteiger partial charge in [-0.05, 0) is 55.3 Å². The molecule has 90 valence electrons. The Morgan fingerprint density at radius 2 is 1.88 bits per heavy atom. The second-order valence-corrected chi connectivity index (χ2v) is 5.36. The molecule has 1 nitrogen and oxygen atoms in total. The minimum atomic E-state index is 0.260. The summed E-state index contributed by atoms with van der Waals surface area (Å²) >= 11 is 0. The van der Waals surface area contributed by atoms with Gasteiger partial charge < -0.3 is 5.73 Å². The van der Waals surface area contributed by atoms with Gasteiger partial charge in [-0.15, -0.1) is 0 Å². The molecule has 0 radical (unpaired) electrons. The van der Waals surface area contributed by atoms with E-state index in [-0.39, 0.29) is 5.41 Å². The summed E-state index contributed by atoms with van der Waals surface area (Å²) in [5, 5.41) is 0. The monoisotopic (exact) mass is 219 g/mol. The third-order valence-electron chi connectivity index (χ3n) is 3.55. The van der Waals surface area contributed by atoms with E-state index in [0.29, 0.717) is 0 Å². The van der Waals surface area contributed by atoms with E-state index in [9.17, 15) is 0 Å². The number of aryl methyl sites for hydroxylation is 2. The van der Waals surface area contributed by atoms with Gasteiger partial charge in [-0.1, -0.05) is 38.5 Å². The van der Waals surface area contributed by atoms with E-state index in [0.717, 1.165) is 13.0 Å². The minimum Gasteiger partial charge on any atom is -0.330 e. The first kappa shape index (κ1) is 13.2. The van der Waals surface area contributed by atoms with Crippen LogP contribution in [0.5, 0.6) is 0 Å². The van der Waals surface area contributed by atoms with Gasteiger partial charge >= 0.3 is 0 Å². The molecule has 2 N–H and O–H groups in total. The number of hydrogen-bond donors (Lipinski definition) is 1. The molecule has 0 aliphatic heterocycles. The van der Waals surface area contributed by atoms with Gasteiger partial charge in [0, 0.05) is 0 Å². The zero-order valence-electron chi connectivity index (χ0n) is 11.1. The van der Waals surface area contributed by atoms with Gasteiger partial charge in [-0.3, -0.25) is 0 Å². The summed E-state index contributed by atoms with van der Waals surface area (Å²) in [4.78, 5) is 0. The second-order valence-electron chi connectivity index (χ2n) is 5.36. The molecule has 0 heterocycles. The van der Waals surface area contributed by atoms with Crippen LogP contribution in [0.2, 0.25) is 0 Å². The Morgan fingerprint density at radius 3 is 2.38 bits per heavy atom. The summed E-state index contributed by atoms with van der Waals surface area (Å²) in [6.45, 7) is 9.64. The summed E-state index contributed by atoms with van der Waals surface area (Å²) in [6, 6.07) is 6.76. The first-order valence-electron chi connectivity index (χ1n) is 6.27. The van der Waals surface area contributed by atoms with Gasteiger partial charge in [0.25, 0.3) is 0 Å². The number of benzene rings is 1. The average Bonchev–Trinajstić information content (AvgIpc) is 2.24. The molecule has 1 heteroatoms. The van der Waals surface area contributed by atoms with E-state index < -0.39 is 0 Å². The van der Waals surface area contributed by atoms with Crippen LogP contribution in [0.4, 0.5) is 0 Å². The van der Waals surface area contributed by atoms with Gasteiger partial charge in [0.2, 0.25) is 0 Å². The Balaban J connectivity index is 2.81. The normalized spacial score (nSPS) is 14.8. The molecule has 0 aliphatic rings. The van der Waals surface area contributed by atoms with Crippen LogP contribution in [0.3, 0.4) is 0 Å². The molecule has 0 saturated heterocycles. The van der Waals surface area contributed by atoms with E-state index in [1.54, 1.807) is 0 Å². The van der Waals surface area contributed by atoms with Crippen molar-refractivity contribution in [2.75, 3.05) is 6.54 Å². The molecule has 0 aliphatic carbocycles. The van der Waals surface area contributed by atoms with E-state index in [1.807, 2.05) is 0 Å². The van der Waals surface area contributed by atoms with Crippen LogP contribution in [0.15, 0.2) is 18.2 Å². The van der Waals surface area contributed by atoms with Crippen molar-refractivity contribution in [1.82, 2.24) is 0 Å². The largest absolute Gasteiger partial charge is 0.330 e. The Morgan fingerprint density at radius 1 is 1.19 bits per heavy atom. The summed E-state index contributed by atoms with van der Waals surface area (Å²) in [6.07, 6.45) is 3.51. The van der Waals surface area contributed by atoms with Crippen LogP contribution in [0.25, 0.3) is 0 Å². The van der Waals surface area contributed by atoms with Crippen molar-refractivity contribution in [3.8, 4) is 0 Å². The third kappa shape index (κ3) is 3.34. The highest BCUT2D eigenvalue weighted by atomic mass is 14.6. The molecule has 16 heavy (non-hydrogen) atoms.